The number of rotatable bonds is 5. The van der Waals surface area contributed by atoms with E-state index in [9.17, 15) is 19.2 Å². The highest BCUT2D eigenvalue weighted by molar-refractivity contribution is 6.22. The first-order valence-electron chi connectivity index (χ1n) is 12.6. The Balaban J connectivity index is 1.21. The second-order valence-electron chi connectivity index (χ2n) is 9.71. The molecule has 2 saturated heterocycles. The van der Waals surface area contributed by atoms with Gasteiger partial charge in [0.05, 0.1) is 11.1 Å². The van der Waals surface area contributed by atoms with Crippen molar-refractivity contribution < 1.29 is 19.2 Å². The Bertz CT molecular complexity index is 1130. The van der Waals surface area contributed by atoms with Crippen molar-refractivity contribution in [2.45, 2.75) is 38.5 Å². The second-order valence-corrected chi connectivity index (χ2v) is 9.71. The Kier molecular flexibility index (Phi) is 6.66. The van der Waals surface area contributed by atoms with Gasteiger partial charge in [0.25, 0.3) is 17.7 Å². The van der Waals surface area contributed by atoms with E-state index < -0.39 is 0 Å². The summed E-state index contributed by atoms with van der Waals surface area (Å²) in [5.74, 6) is -0.596. The molecule has 3 heterocycles. The number of likely N-dealkylation sites (tertiary alicyclic amines) is 2. The Morgan fingerprint density at radius 1 is 0.771 bits per heavy atom. The molecule has 0 bridgehead atoms. The van der Waals surface area contributed by atoms with Crippen LogP contribution in [0.5, 0.6) is 0 Å². The molecule has 35 heavy (non-hydrogen) atoms. The van der Waals surface area contributed by atoms with Crippen molar-refractivity contribution in [3.63, 3.8) is 0 Å². The molecular weight excluding hydrogens is 442 g/mol. The van der Waals surface area contributed by atoms with Crippen LogP contribution in [0.3, 0.4) is 0 Å². The van der Waals surface area contributed by atoms with E-state index in [0.717, 1.165) is 31.5 Å². The first-order chi connectivity index (χ1) is 17.0. The molecule has 7 heteroatoms. The molecule has 0 N–H and O–H groups in total. The quantitative estimate of drug-likeness (QED) is 0.624. The van der Waals surface area contributed by atoms with Gasteiger partial charge in [0.1, 0.15) is 0 Å². The highest BCUT2D eigenvalue weighted by Crippen LogP contribution is 2.27. The van der Waals surface area contributed by atoms with Gasteiger partial charge in [0.2, 0.25) is 5.91 Å². The summed E-state index contributed by atoms with van der Waals surface area (Å²) in [5, 5.41) is 0. The van der Waals surface area contributed by atoms with Gasteiger partial charge in [-0.15, -0.1) is 0 Å². The Hall–Kier alpha value is -3.48. The van der Waals surface area contributed by atoms with Crippen LogP contribution in [0.1, 0.15) is 68.7 Å². The highest BCUT2D eigenvalue weighted by atomic mass is 16.2. The molecule has 0 radical (unpaired) electrons. The molecule has 2 aromatic carbocycles. The van der Waals surface area contributed by atoms with Gasteiger partial charge in [-0.1, -0.05) is 30.3 Å². The summed E-state index contributed by atoms with van der Waals surface area (Å²) in [6.45, 7) is 3.05. The second kappa shape index (κ2) is 10.0. The number of fused-ring (bicyclic) bond motifs is 1. The number of amides is 4. The lowest BCUT2D eigenvalue weighted by Crippen LogP contribution is -2.45. The van der Waals surface area contributed by atoms with Gasteiger partial charge >= 0.3 is 0 Å². The number of piperidine rings is 2. The molecule has 7 nitrogen and oxygen atoms in total. The maximum absolute atomic E-state index is 13.2. The number of hydrogen-bond donors (Lipinski definition) is 0. The largest absolute Gasteiger partial charge is 0.342 e. The van der Waals surface area contributed by atoms with Crippen LogP contribution in [0.2, 0.25) is 0 Å². The van der Waals surface area contributed by atoms with E-state index in [1.54, 1.807) is 23.1 Å². The highest BCUT2D eigenvalue weighted by Gasteiger charge is 2.36. The van der Waals surface area contributed by atoms with Crippen molar-refractivity contribution in [2.24, 2.45) is 5.92 Å². The molecule has 0 spiro atoms. The van der Waals surface area contributed by atoms with Crippen molar-refractivity contribution in [3.05, 3.63) is 70.8 Å². The summed E-state index contributed by atoms with van der Waals surface area (Å²) >= 11 is 0. The van der Waals surface area contributed by atoms with Crippen LogP contribution in [-0.4, -0.2) is 71.1 Å². The van der Waals surface area contributed by atoms with Gasteiger partial charge < -0.3 is 9.80 Å². The zero-order chi connectivity index (χ0) is 24.4. The summed E-state index contributed by atoms with van der Waals surface area (Å²) in [4.78, 5) is 56.8. The summed E-state index contributed by atoms with van der Waals surface area (Å²) in [5.41, 5.74) is 2.12. The van der Waals surface area contributed by atoms with Gasteiger partial charge in [-0.25, -0.2) is 0 Å². The third kappa shape index (κ3) is 4.72. The van der Waals surface area contributed by atoms with Gasteiger partial charge in [0.15, 0.2) is 0 Å². The average Bonchev–Trinajstić information content (AvgIpc) is 3.16. The minimum Gasteiger partial charge on any atom is -0.342 e. The molecule has 0 aliphatic carbocycles. The molecule has 3 aliphatic rings. The normalized spacial score (nSPS) is 18.7. The Morgan fingerprint density at radius 3 is 2.17 bits per heavy atom. The first-order valence-corrected chi connectivity index (χ1v) is 12.6. The maximum atomic E-state index is 13.2. The average molecular weight is 474 g/mol. The lowest BCUT2D eigenvalue weighted by molar-refractivity contribution is -0.137. The van der Waals surface area contributed by atoms with E-state index in [1.165, 1.54) is 11.3 Å². The number of nitrogens with zero attached hydrogens (tertiary/aromatic N) is 3. The van der Waals surface area contributed by atoms with Crippen LogP contribution in [0.15, 0.2) is 48.5 Å². The summed E-state index contributed by atoms with van der Waals surface area (Å²) in [6.07, 6.45) is 5.26. The van der Waals surface area contributed by atoms with E-state index in [2.05, 4.69) is 0 Å². The maximum Gasteiger partial charge on any atom is 0.261 e. The van der Waals surface area contributed by atoms with Crippen molar-refractivity contribution in [1.29, 1.82) is 0 Å². The van der Waals surface area contributed by atoms with Crippen LogP contribution in [0.25, 0.3) is 0 Å². The molecule has 0 saturated carbocycles. The molecule has 2 aromatic rings. The Morgan fingerprint density at radius 2 is 1.46 bits per heavy atom. The lowest BCUT2D eigenvalue weighted by Gasteiger charge is -2.35. The Labute approximate surface area is 205 Å². The van der Waals surface area contributed by atoms with E-state index in [-0.39, 0.29) is 29.5 Å². The monoisotopic (exact) mass is 473 g/mol. The van der Waals surface area contributed by atoms with Crippen LogP contribution in [-0.2, 0) is 11.2 Å². The zero-order valence-electron chi connectivity index (χ0n) is 19.9. The number of imide groups is 1. The minimum atomic E-state index is -0.346. The van der Waals surface area contributed by atoms with Crippen LogP contribution < -0.4 is 0 Å². The third-order valence-electron chi connectivity index (χ3n) is 7.48. The predicted molar refractivity (Wildman–Crippen MR) is 131 cm³/mol. The lowest BCUT2D eigenvalue weighted by atomic mass is 9.93. The van der Waals surface area contributed by atoms with Crippen molar-refractivity contribution in [3.8, 4) is 0 Å². The molecule has 0 unspecified atom stereocenters. The van der Waals surface area contributed by atoms with Gasteiger partial charge in [-0.3, -0.25) is 24.1 Å². The SMILES string of the molecule is O=C(c1ccc2c(c1)C(=O)N(CCc1ccccc1)C2=O)N1CCC(C(=O)N2CCCCC2)CC1. The van der Waals surface area contributed by atoms with Gasteiger partial charge in [-0.2, -0.15) is 0 Å². The van der Waals surface area contributed by atoms with Crippen molar-refractivity contribution >= 4 is 23.6 Å². The van der Waals surface area contributed by atoms with Crippen LogP contribution in [0.4, 0.5) is 0 Å². The summed E-state index contributed by atoms with van der Waals surface area (Å²) < 4.78 is 0. The van der Waals surface area contributed by atoms with E-state index in [1.807, 2.05) is 35.2 Å². The fourth-order valence-electron chi connectivity index (χ4n) is 5.40. The van der Waals surface area contributed by atoms with Gasteiger partial charge in [0, 0.05) is 44.2 Å². The first kappa shape index (κ1) is 23.3. The number of hydrogen-bond acceptors (Lipinski definition) is 4. The molecule has 5 rings (SSSR count). The van der Waals surface area contributed by atoms with Crippen LogP contribution in [0, 0.1) is 5.92 Å². The predicted octanol–water partition coefficient (Wildman–Crippen LogP) is 3.39. The van der Waals surface area contributed by atoms with E-state index in [4.69, 9.17) is 0 Å². The smallest absolute Gasteiger partial charge is 0.261 e. The van der Waals surface area contributed by atoms with Crippen molar-refractivity contribution in [2.75, 3.05) is 32.7 Å². The van der Waals surface area contributed by atoms with Gasteiger partial charge in [-0.05, 0) is 62.3 Å². The molecule has 0 aromatic heterocycles. The fourth-order valence-corrected chi connectivity index (χ4v) is 5.40. The van der Waals surface area contributed by atoms with E-state index in [0.29, 0.717) is 55.6 Å². The van der Waals surface area contributed by atoms with E-state index >= 15 is 0 Å². The summed E-state index contributed by atoms with van der Waals surface area (Å²) in [6, 6.07) is 14.5. The molecule has 182 valence electrons. The fraction of sp³-hybridized carbons (Fsp3) is 0.429. The zero-order valence-corrected chi connectivity index (χ0v) is 19.9. The standard InChI is InChI=1S/C28H31N3O4/c32-25(29-14-5-2-6-15-29)21-12-16-30(17-13-21)26(33)22-9-10-23-24(19-22)28(35)31(27(23)34)18-11-20-7-3-1-4-8-20/h1,3-4,7-10,19,21H,2,5-6,11-18H2. The molecule has 4 amide bonds. The minimum absolute atomic E-state index is 0.0189. The number of carbonyl (C=O) groups is 4. The number of carbonyl (C=O) groups excluding carboxylic acids is 4. The summed E-state index contributed by atoms with van der Waals surface area (Å²) in [7, 11) is 0. The third-order valence-corrected chi connectivity index (χ3v) is 7.48. The topological polar surface area (TPSA) is 78.0 Å². The molecule has 0 atom stereocenters. The molecule has 3 aliphatic heterocycles. The van der Waals surface area contributed by atoms with Crippen molar-refractivity contribution in [1.82, 2.24) is 14.7 Å². The molecule has 2 fully saturated rings. The molecular formula is C28H31N3O4. The van der Waals surface area contributed by atoms with Crippen LogP contribution >= 0.6 is 0 Å². The number of benzene rings is 2.